The van der Waals surface area contributed by atoms with E-state index in [0.717, 1.165) is 55.0 Å². The van der Waals surface area contributed by atoms with Crippen molar-refractivity contribution < 1.29 is 0 Å². The van der Waals surface area contributed by atoms with Crippen LogP contribution in [0.1, 0.15) is 0 Å². The molecule has 324 valence electrons. The molecule has 0 saturated heterocycles. The molecule has 15 aromatic rings. The molecule has 0 aliphatic heterocycles. The summed E-state index contributed by atoms with van der Waals surface area (Å²) in [7, 11) is 0. The fourth-order valence-corrected chi connectivity index (χ4v) is 11.5. The molecule has 0 fully saturated rings. The minimum absolute atomic E-state index is 0.623. The van der Waals surface area contributed by atoms with Crippen LogP contribution in [0.3, 0.4) is 0 Å². The van der Waals surface area contributed by atoms with Crippen molar-refractivity contribution in [2.24, 2.45) is 0 Å². The van der Waals surface area contributed by atoms with E-state index in [4.69, 9.17) is 15.0 Å². The fourth-order valence-electron chi connectivity index (χ4n) is 11.5. The van der Waals surface area contributed by atoms with Crippen LogP contribution >= 0.6 is 0 Å². The molecular weight excluding hydrogens is 851 g/mol. The topological polar surface area (TPSA) is 48.5 Å². The van der Waals surface area contributed by atoms with Gasteiger partial charge in [0.15, 0.2) is 17.5 Å². The second-order valence-electron chi connectivity index (χ2n) is 18.3. The number of hydrogen-bond donors (Lipinski definition) is 0. The van der Waals surface area contributed by atoms with E-state index in [2.05, 4.69) is 228 Å². The Balaban J connectivity index is 1.01. The molecule has 0 aliphatic rings. The van der Waals surface area contributed by atoms with Crippen LogP contribution in [0.15, 0.2) is 237 Å². The predicted octanol–water partition coefficient (Wildman–Crippen LogP) is 16.8. The lowest BCUT2D eigenvalue weighted by atomic mass is 9.96. The van der Waals surface area contributed by atoms with Crippen LogP contribution in [0, 0.1) is 0 Å². The summed E-state index contributed by atoms with van der Waals surface area (Å²) >= 11 is 0. The highest BCUT2D eigenvalue weighted by Crippen LogP contribution is 2.46. The number of hydrogen-bond acceptors (Lipinski definition) is 3. The van der Waals surface area contributed by atoms with E-state index >= 15 is 0 Å². The molecule has 0 atom stereocenters. The minimum atomic E-state index is 0.623. The van der Waals surface area contributed by atoms with Gasteiger partial charge in [-0.25, -0.2) is 15.0 Å². The molecule has 70 heavy (non-hydrogen) atoms. The zero-order chi connectivity index (χ0) is 45.9. The van der Waals surface area contributed by atoms with Crippen LogP contribution in [0.5, 0.6) is 0 Å². The van der Waals surface area contributed by atoms with Crippen molar-refractivity contribution >= 4 is 97.5 Å². The minimum Gasteiger partial charge on any atom is -0.309 e. The van der Waals surface area contributed by atoms with E-state index in [1.165, 1.54) is 70.6 Å². The van der Waals surface area contributed by atoms with Crippen molar-refractivity contribution in [3.8, 4) is 45.5 Å². The monoisotopic (exact) mass is 889 g/mol. The van der Waals surface area contributed by atoms with E-state index < -0.39 is 0 Å². The van der Waals surface area contributed by atoms with Gasteiger partial charge in [0.2, 0.25) is 0 Å². The number of nitrogens with zero attached hydrogens (tertiary/aromatic N) is 5. The smallest absolute Gasteiger partial charge is 0.164 e. The van der Waals surface area contributed by atoms with E-state index in [1.807, 2.05) is 18.2 Å². The van der Waals surface area contributed by atoms with Crippen molar-refractivity contribution in [3.63, 3.8) is 0 Å². The van der Waals surface area contributed by atoms with Crippen molar-refractivity contribution in [2.45, 2.75) is 0 Å². The quantitative estimate of drug-likeness (QED) is 0.162. The van der Waals surface area contributed by atoms with E-state index in [9.17, 15) is 0 Å². The Morgan fingerprint density at radius 2 is 0.771 bits per heavy atom. The van der Waals surface area contributed by atoms with Gasteiger partial charge in [0, 0.05) is 49.0 Å². The van der Waals surface area contributed by atoms with Gasteiger partial charge in [0.05, 0.1) is 33.4 Å². The summed E-state index contributed by atoms with van der Waals surface area (Å²) in [6, 6.07) is 85.2. The molecular formula is C65H39N5. The van der Waals surface area contributed by atoms with Crippen LogP contribution < -0.4 is 0 Å². The summed E-state index contributed by atoms with van der Waals surface area (Å²) < 4.78 is 5.01. The number of benzene rings is 12. The normalized spacial score (nSPS) is 12.0. The number of rotatable bonds is 5. The van der Waals surface area contributed by atoms with Crippen LogP contribution in [-0.2, 0) is 0 Å². The zero-order valence-electron chi connectivity index (χ0n) is 37.8. The molecule has 0 bridgehead atoms. The first kappa shape index (κ1) is 38.6. The van der Waals surface area contributed by atoms with Gasteiger partial charge in [-0.1, -0.05) is 194 Å². The average Bonchev–Trinajstić information content (AvgIpc) is 3.94. The Bertz CT molecular complexity index is 4660. The SMILES string of the molecule is c1ccc(-c2nc(-c3ccc(-n4c5ccccc5c5c(-n6c7ccccc7c7c8ccccc8ccc76)c6ccccc6cc54)c4ccccc34)nc(-c3cc4ccccc4c4ccccc34)n2)cc1. The molecule has 0 aliphatic carbocycles. The summed E-state index contributed by atoms with van der Waals surface area (Å²) in [6.45, 7) is 0. The molecule has 0 N–H and O–H groups in total. The summed E-state index contributed by atoms with van der Waals surface area (Å²) in [6.07, 6.45) is 0. The standard InChI is InChI=1S/C65H39N5/c1-2-19-41(20-3-1)63-66-64(68-65(67-63)54-38-42-21-5-7-23-44(42)47-26-10-11-27-48(47)54)51-35-37-57(50-29-13-12-28-49(50)51)69-55-32-16-15-31-53(55)61-59(69)39-43-22-6-9-25-46(43)62(61)70-56-33-17-14-30-52(56)60-45-24-8-4-18-40(45)34-36-58(60)70/h1-39H. The lowest BCUT2D eigenvalue weighted by molar-refractivity contribution is 1.08. The molecule has 0 unspecified atom stereocenters. The Kier molecular flexibility index (Phi) is 8.29. The second kappa shape index (κ2) is 15.0. The van der Waals surface area contributed by atoms with Gasteiger partial charge in [-0.2, -0.15) is 0 Å². The third-order valence-electron chi connectivity index (χ3n) is 14.5. The zero-order valence-corrected chi connectivity index (χ0v) is 37.8. The Morgan fingerprint density at radius 3 is 1.51 bits per heavy atom. The van der Waals surface area contributed by atoms with Gasteiger partial charge in [-0.05, 0) is 85.6 Å². The Morgan fingerprint density at radius 1 is 0.257 bits per heavy atom. The van der Waals surface area contributed by atoms with E-state index in [-0.39, 0.29) is 0 Å². The van der Waals surface area contributed by atoms with Gasteiger partial charge < -0.3 is 9.13 Å². The van der Waals surface area contributed by atoms with Gasteiger partial charge >= 0.3 is 0 Å². The molecule has 0 spiro atoms. The van der Waals surface area contributed by atoms with Crippen LogP contribution in [0.4, 0.5) is 0 Å². The summed E-state index contributed by atoms with van der Waals surface area (Å²) in [5.74, 6) is 1.89. The highest BCUT2D eigenvalue weighted by molar-refractivity contribution is 6.26. The molecule has 0 radical (unpaired) electrons. The molecule has 15 rings (SSSR count). The van der Waals surface area contributed by atoms with Gasteiger partial charge in [-0.15, -0.1) is 0 Å². The van der Waals surface area contributed by atoms with E-state index in [1.54, 1.807) is 0 Å². The maximum absolute atomic E-state index is 5.41. The third-order valence-corrected chi connectivity index (χ3v) is 14.5. The lowest BCUT2D eigenvalue weighted by Gasteiger charge is -2.17. The fraction of sp³-hybridized carbons (Fsp3) is 0. The van der Waals surface area contributed by atoms with Crippen molar-refractivity contribution in [2.75, 3.05) is 0 Å². The van der Waals surface area contributed by atoms with Crippen LogP contribution in [-0.4, -0.2) is 24.1 Å². The number of aromatic nitrogens is 5. The molecule has 0 amide bonds. The molecule has 12 aromatic carbocycles. The first-order valence-electron chi connectivity index (χ1n) is 23.9. The van der Waals surface area contributed by atoms with Crippen molar-refractivity contribution in [1.82, 2.24) is 24.1 Å². The van der Waals surface area contributed by atoms with Crippen molar-refractivity contribution in [3.05, 3.63) is 237 Å². The molecule has 5 heteroatoms. The maximum atomic E-state index is 5.41. The number of para-hydroxylation sites is 2. The first-order valence-corrected chi connectivity index (χ1v) is 23.9. The average molecular weight is 890 g/mol. The molecule has 0 saturated carbocycles. The molecule has 3 heterocycles. The molecule has 3 aromatic heterocycles. The molecule has 5 nitrogen and oxygen atoms in total. The third kappa shape index (κ3) is 5.63. The lowest BCUT2D eigenvalue weighted by Crippen LogP contribution is -2.02. The highest BCUT2D eigenvalue weighted by atomic mass is 15.0. The van der Waals surface area contributed by atoms with Crippen molar-refractivity contribution in [1.29, 1.82) is 0 Å². The predicted molar refractivity (Wildman–Crippen MR) is 292 cm³/mol. The second-order valence-corrected chi connectivity index (χ2v) is 18.3. The highest BCUT2D eigenvalue weighted by Gasteiger charge is 2.25. The summed E-state index contributed by atoms with van der Waals surface area (Å²) in [5.41, 5.74) is 9.75. The van der Waals surface area contributed by atoms with Gasteiger partial charge in [0.25, 0.3) is 0 Å². The van der Waals surface area contributed by atoms with Gasteiger partial charge in [0.1, 0.15) is 0 Å². The summed E-state index contributed by atoms with van der Waals surface area (Å²) in [4.78, 5) is 15.9. The van der Waals surface area contributed by atoms with Crippen LogP contribution in [0.25, 0.3) is 143 Å². The Hall–Kier alpha value is -9.45. The number of fused-ring (bicyclic) bond motifs is 13. The largest absolute Gasteiger partial charge is 0.309 e. The summed E-state index contributed by atoms with van der Waals surface area (Å²) in [5, 5.41) is 16.5. The first-order chi connectivity index (χ1) is 34.7. The Labute approximate surface area is 401 Å². The van der Waals surface area contributed by atoms with Gasteiger partial charge in [-0.3, -0.25) is 0 Å². The van der Waals surface area contributed by atoms with E-state index in [0.29, 0.717) is 17.5 Å². The maximum Gasteiger partial charge on any atom is 0.164 e. The van der Waals surface area contributed by atoms with Crippen LogP contribution in [0.2, 0.25) is 0 Å².